The van der Waals surface area contributed by atoms with Gasteiger partial charge in [0.25, 0.3) is 0 Å². The molecule has 0 atom stereocenters. The first-order valence-electron chi connectivity index (χ1n) is 10.5. The second-order valence-electron chi connectivity index (χ2n) is 9.07. The number of benzene rings is 2. The lowest BCUT2D eigenvalue weighted by atomic mass is 9.83. The lowest BCUT2D eigenvalue weighted by molar-refractivity contribution is -0.274. The molecule has 1 fully saturated rings. The van der Waals surface area contributed by atoms with Crippen molar-refractivity contribution in [3.8, 4) is 22.6 Å². The second-order valence-corrected chi connectivity index (χ2v) is 9.07. The fourth-order valence-electron chi connectivity index (χ4n) is 3.88. The van der Waals surface area contributed by atoms with Crippen molar-refractivity contribution in [3.63, 3.8) is 0 Å². The molecule has 2 N–H and O–H groups in total. The fourth-order valence-corrected chi connectivity index (χ4v) is 3.88. The van der Waals surface area contributed by atoms with Gasteiger partial charge in [-0.25, -0.2) is 0 Å². The summed E-state index contributed by atoms with van der Waals surface area (Å²) in [6.45, 7) is 6.86. The minimum absolute atomic E-state index is 0.138. The summed E-state index contributed by atoms with van der Waals surface area (Å²) in [5.41, 5.74) is 2.99. The molecule has 30 heavy (non-hydrogen) atoms. The highest BCUT2D eigenvalue weighted by atomic mass is 19.4. The third-order valence-corrected chi connectivity index (χ3v) is 5.64. The number of phenols is 1. The van der Waals surface area contributed by atoms with E-state index in [0.717, 1.165) is 24.0 Å². The summed E-state index contributed by atoms with van der Waals surface area (Å²) >= 11 is 0. The Balaban J connectivity index is 1.90. The maximum atomic E-state index is 12.4. The van der Waals surface area contributed by atoms with Crippen molar-refractivity contribution in [2.24, 2.45) is 0 Å². The van der Waals surface area contributed by atoms with Crippen LogP contribution in [-0.2, 0) is 12.0 Å². The van der Waals surface area contributed by atoms with E-state index in [1.807, 2.05) is 12.1 Å². The summed E-state index contributed by atoms with van der Waals surface area (Å²) in [4.78, 5) is 0. The number of ether oxygens (including phenoxy) is 1. The van der Waals surface area contributed by atoms with Crippen LogP contribution in [0.25, 0.3) is 11.1 Å². The minimum Gasteiger partial charge on any atom is -0.507 e. The average molecular weight is 422 g/mol. The van der Waals surface area contributed by atoms with Crippen molar-refractivity contribution in [1.29, 1.82) is 0 Å². The molecule has 0 heterocycles. The van der Waals surface area contributed by atoms with Crippen LogP contribution in [0.5, 0.6) is 11.5 Å². The third kappa shape index (κ3) is 5.91. The highest BCUT2D eigenvalue weighted by molar-refractivity contribution is 5.73. The van der Waals surface area contributed by atoms with E-state index in [0.29, 0.717) is 23.7 Å². The zero-order valence-electron chi connectivity index (χ0n) is 17.8. The van der Waals surface area contributed by atoms with Gasteiger partial charge in [-0.2, -0.15) is 0 Å². The number of halogens is 3. The van der Waals surface area contributed by atoms with Crippen molar-refractivity contribution in [1.82, 2.24) is 5.32 Å². The molecule has 0 aromatic heterocycles. The standard InChI is InChI=1S/C24H30F3NO2/c1-23(2,3)18-13-17(15-28-19-7-5-4-6-8-19)22(29)21(14-18)16-9-11-20(12-10-16)30-24(25,26)27/h9-14,19,28-29H,4-8,15H2,1-3H3. The Labute approximate surface area is 176 Å². The largest absolute Gasteiger partial charge is 0.573 e. The molecular weight excluding hydrogens is 391 g/mol. The van der Waals surface area contributed by atoms with Crippen LogP contribution >= 0.6 is 0 Å². The predicted octanol–water partition coefficient (Wildman–Crippen LogP) is 6.68. The molecule has 0 bridgehead atoms. The van der Waals surface area contributed by atoms with Gasteiger partial charge in [0.2, 0.25) is 0 Å². The third-order valence-electron chi connectivity index (χ3n) is 5.64. The van der Waals surface area contributed by atoms with Crippen molar-refractivity contribution >= 4 is 0 Å². The summed E-state index contributed by atoms with van der Waals surface area (Å²) < 4.78 is 41.3. The SMILES string of the molecule is CC(C)(C)c1cc(CNC2CCCCC2)c(O)c(-c2ccc(OC(F)(F)F)cc2)c1. The highest BCUT2D eigenvalue weighted by Crippen LogP contribution is 2.38. The van der Waals surface area contributed by atoms with Crippen LogP contribution in [0, 0.1) is 0 Å². The molecule has 1 aliphatic rings. The highest BCUT2D eigenvalue weighted by Gasteiger charge is 2.31. The molecule has 3 nitrogen and oxygen atoms in total. The molecule has 0 aliphatic heterocycles. The Hall–Kier alpha value is -2.21. The van der Waals surface area contributed by atoms with E-state index in [9.17, 15) is 18.3 Å². The van der Waals surface area contributed by atoms with E-state index in [1.54, 1.807) is 12.1 Å². The number of hydrogen-bond donors (Lipinski definition) is 2. The number of hydrogen-bond acceptors (Lipinski definition) is 3. The van der Waals surface area contributed by atoms with E-state index in [4.69, 9.17) is 0 Å². The van der Waals surface area contributed by atoms with Gasteiger partial charge >= 0.3 is 6.36 Å². The maximum Gasteiger partial charge on any atom is 0.573 e. The average Bonchev–Trinajstić information content (AvgIpc) is 2.66. The number of alkyl halides is 3. The van der Waals surface area contributed by atoms with Crippen LogP contribution in [0.3, 0.4) is 0 Å². The van der Waals surface area contributed by atoms with Crippen LogP contribution in [0.1, 0.15) is 64.0 Å². The zero-order chi connectivity index (χ0) is 21.9. The molecule has 0 radical (unpaired) electrons. The van der Waals surface area contributed by atoms with Gasteiger partial charge in [-0.3, -0.25) is 0 Å². The molecule has 0 unspecified atom stereocenters. The monoisotopic (exact) mass is 421 g/mol. The van der Waals surface area contributed by atoms with E-state index < -0.39 is 6.36 Å². The van der Waals surface area contributed by atoms with Gasteiger partial charge in [-0.05, 0) is 47.6 Å². The number of aromatic hydroxyl groups is 1. The van der Waals surface area contributed by atoms with Gasteiger partial charge < -0.3 is 15.2 Å². The van der Waals surface area contributed by atoms with Crippen molar-refractivity contribution in [2.75, 3.05) is 0 Å². The smallest absolute Gasteiger partial charge is 0.507 e. The van der Waals surface area contributed by atoms with Gasteiger partial charge in [0.1, 0.15) is 11.5 Å². The number of rotatable bonds is 5. The fraction of sp³-hybridized carbons (Fsp3) is 0.500. The van der Waals surface area contributed by atoms with E-state index >= 15 is 0 Å². The molecule has 0 amide bonds. The summed E-state index contributed by atoms with van der Waals surface area (Å²) in [7, 11) is 0. The van der Waals surface area contributed by atoms with Crippen LogP contribution < -0.4 is 10.1 Å². The topological polar surface area (TPSA) is 41.5 Å². The van der Waals surface area contributed by atoms with Crippen molar-refractivity contribution < 1.29 is 23.0 Å². The Morgan fingerprint density at radius 3 is 2.20 bits per heavy atom. The summed E-state index contributed by atoms with van der Waals surface area (Å²) in [5, 5.41) is 14.5. The zero-order valence-corrected chi connectivity index (χ0v) is 17.8. The number of phenolic OH excluding ortho intramolecular Hbond substituents is 1. The second kappa shape index (κ2) is 8.88. The van der Waals surface area contributed by atoms with Gasteiger partial charge in [0.15, 0.2) is 0 Å². The van der Waals surface area contributed by atoms with Gasteiger partial charge in [-0.1, -0.05) is 58.2 Å². The number of nitrogens with one attached hydrogen (secondary N) is 1. The quantitative estimate of drug-likeness (QED) is 0.566. The first-order chi connectivity index (χ1) is 14.0. The lowest BCUT2D eigenvalue weighted by Gasteiger charge is -2.25. The van der Waals surface area contributed by atoms with Gasteiger partial charge in [0.05, 0.1) is 0 Å². The summed E-state index contributed by atoms with van der Waals surface area (Å²) in [6, 6.07) is 10.0. The molecule has 2 aromatic carbocycles. The Morgan fingerprint density at radius 2 is 1.63 bits per heavy atom. The molecule has 0 saturated heterocycles. The van der Waals surface area contributed by atoms with E-state index in [1.165, 1.54) is 31.4 Å². The van der Waals surface area contributed by atoms with E-state index in [2.05, 4.69) is 30.8 Å². The van der Waals surface area contributed by atoms with Crippen LogP contribution in [0.4, 0.5) is 13.2 Å². The Kier molecular flexibility index (Phi) is 6.65. The Morgan fingerprint density at radius 1 is 1.00 bits per heavy atom. The van der Waals surface area contributed by atoms with Crippen molar-refractivity contribution in [2.45, 2.75) is 77.2 Å². The summed E-state index contributed by atoms with van der Waals surface area (Å²) in [6.07, 6.45) is 1.29. The Bertz CT molecular complexity index is 848. The lowest BCUT2D eigenvalue weighted by Crippen LogP contribution is -2.30. The molecular formula is C24H30F3NO2. The molecule has 1 aliphatic carbocycles. The normalized spacial score (nSPS) is 15.9. The molecule has 6 heteroatoms. The van der Waals surface area contributed by atoms with Crippen LogP contribution in [0.15, 0.2) is 36.4 Å². The van der Waals surface area contributed by atoms with Gasteiger partial charge in [0, 0.05) is 23.7 Å². The molecule has 0 spiro atoms. The van der Waals surface area contributed by atoms with Gasteiger partial charge in [-0.15, -0.1) is 13.2 Å². The van der Waals surface area contributed by atoms with E-state index in [-0.39, 0.29) is 16.9 Å². The summed E-state index contributed by atoms with van der Waals surface area (Å²) in [5.74, 6) is -0.118. The molecule has 2 aromatic rings. The maximum absolute atomic E-state index is 12.4. The van der Waals surface area contributed by atoms with Crippen molar-refractivity contribution in [3.05, 3.63) is 47.5 Å². The van der Waals surface area contributed by atoms with Crippen LogP contribution in [0.2, 0.25) is 0 Å². The van der Waals surface area contributed by atoms with Crippen LogP contribution in [-0.4, -0.2) is 17.5 Å². The minimum atomic E-state index is -4.73. The molecule has 164 valence electrons. The molecule has 3 rings (SSSR count). The first-order valence-corrected chi connectivity index (χ1v) is 10.5. The first kappa shape index (κ1) is 22.5. The molecule has 1 saturated carbocycles. The predicted molar refractivity (Wildman–Crippen MR) is 113 cm³/mol.